The summed E-state index contributed by atoms with van der Waals surface area (Å²) < 4.78 is 0. The maximum Gasteiger partial charge on any atom is 0.189 e. The second-order valence-corrected chi connectivity index (χ2v) is 4.93. The van der Waals surface area contributed by atoms with Gasteiger partial charge < -0.3 is 4.90 Å². The fraction of sp³-hybridized carbons (Fsp3) is 0.500. The van der Waals surface area contributed by atoms with Crippen LogP contribution in [0.2, 0.25) is 0 Å². The van der Waals surface area contributed by atoms with E-state index in [1.54, 1.807) is 17.5 Å². The van der Waals surface area contributed by atoms with Crippen LogP contribution in [0.1, 0.15) is 24.8 Å². The molecule has 0 amide bonds. The Labute approximate surface area is 104 Å². The molecule has 0 spiro atoms. The zero-order valence-corrected chi connectivity index (χ0v) is 10.8. The first-order chi connectivity index (χ1) is 7.77. The van der Waals surface area contributed by atoms with Gasteiger partial charge in [-0.15, -0.1) is 11.3 Å². The molecular weight excluding hydrogens is 240 g/mol. The fourth-order valence-corrected chi connectivity index (χ4v) is 2.39. The van der Waals surface area contributed by atoms with Gasteiger partial charge in [0.05, 0.1) is 5.71 Å². The molecule has 6 heteroatoms. The van der Waals surface area contributed by atoms with Gasteiger partial charge in [0.25, 0.3) is 0 Å². The summed E-state index contributed by atoms with van der Waals surface area (Å²) in [4.78, 5) is 6.33. The highest BCUT2D eigenvalue weighted by molar-refractivity contribution is 7.80. The molecule has 4 nitrogen and oxygen atoms in total. The van der Waals surface area contributed by atoms with Crippen LogP contribution in [0.25, 0.3) is 0 Å². The van der Waals surface area contributed by atoms with Crippen LogP contribution >= 0.6 is 23.6 Å². The molecule has 0 saturated carbocycles. The molecule has 1 saturated heterocycles. The lowest BCUT2D eigenvalue weighted by Crippen LogP contribution is -2.35. The number of thiazole rings is 1. The van der Waals surface area contributed by atoms with Gasteiger partial charge in [0, 0.05) is 24.7 Å². The largest absolute Gasteiger partial charge is 0.348 e. The minimum Gasteiger partial charge on any atom is -0.348 e. The zero-order valence-electron chi connectivity index (χ0n) is 9.14. The lowest BCUT2D eigenvalue weighted by atomic mass is 10.4. The fourth-order valence-electron chi connectivity index (χ4n) is 1.57. The Kier molecular flexibility index (Phi) is 3.84. The van der Waals surface area contributed by atoms with E-state index in [4.69, 9.17) is 12.2 Å². The number of rotatable bonds is 2. The maximum absolute atomic E-state index is 5.25. The van der Waals surface area contributed by atoms with E-state index in [-0.39, 0.29) is 0 Å². The summed E-state index contributed by atoms with van der Waals surface area (Å²) in [5, 5.41) is 7.82. The van der Waals surface area contributed by atoms with Gasteiger partial charge in [0.2, 0.25) is 0 Å². The summed E-state index contributed by atoms with van der Waals surface area (Å²) >= 11 is 6.83. The summed E-state index contributed by atoms with van der Waals surface area (Å²) in [6, 6.07) is 0. The monoisotopic (exact) mass is 254 g/mol. The Morgan fingerprint density at radius 2 is 2.31 bits per heavy atom. The molecule has 1 aliphatic rings. The van der Waals surface area contributed by atoms with Crippen molar-refractivity contribution in [2.45, 2.75) is 19.8 Å². The number of hydrogen-bond acceptors (Lipinski definition) is 4. The number of nitrogens with zero attached hydrogens (tertiary/aromatic N) is 3. The molecule has 1 aliphatic heterocycles. The van der Waals surface area contributed by atoms with Gasteiger partial charge in [-0.3, -0.25) is 5.43 Å². The Morgan fingerprint density at radius 3 is 2.94 bits per heavy atom. The van der Waals surface area contributed by atoms with Crippen LogP contribution in [0, 0.1) is 0 Å². The smallest absolute Gasteiger partial charge is 0.189 e. The van der Waals surface area contributed by atoms with Crippen molar-refractivity contribution in [3.05, 3.63) is 16.6 Å². The molecule has 1 fully saturated rings. The second-order valence-electron chi connectivity index (χ2n) is 3.65. The van der Waals surface area contributed by atoms with Gasteiger partial charge in [0.15, 0.2) is 5.11 Å². The molecule has 0 aromatic carbocycles. The SMILES string of the molecule is CC(=NNC(=S)N1CCCC1)c1nccs1. The molecule has 2 heterocycles. The van der Waals surface area contributed by atoms with E-state index in [1.807, 2.05) is 12.3 Å². The Morgan fingerprint density at radius 1 is 1.56 bits per heavy atom. The molecule has 1 N–H and O–H groups in total. The van der Waals surface area contributed by atoms with E-state index >= 15 is 0 Å². The van der Waals surface area contributed by atoms with Crippen LogP contribution in [0.3, 0.4) is 0 Å². The van der Waals surface area contributed by atoms with Gasteiger partial charge in [-0.2, -0.15) is 5.10 Å². The third-order valence-corrected chi connectivity index (χ3v) is 3.69. The van der Waals surface area contributed by atoms with Crippen LogP contribution < -0.4 is 5.43 Å². The first kappa shape index (κ1) is 11.5. The first-order valence-electron chi connectivity index (χ1n) is 5.26. The van der Waals surface area contributed by atoms with Gasteiger partial charge in [0.1, 0.15) is 5.01 Å². The lowest BCUT2D eigenvalue weighted by molar-refractivity contribution is 0.509. The number of hydrogen-bond donors (Lipinski definition) is 1. The molecule has 0 atom stereocenters. The highest BCUT2D eigenvalue weighted by atomic mass is 32.1. The summed E-state index contributed by atoms with van der Waals surface area (Å²) in [7, 11) is 0. The van der Waals surface area contributed by atoms with Gasteiger partial charge in [-0.05, 0) is 32.0 Å². The Hall–Kier alpha value is -1.01. The Bertz CT molecular complexity index is 380. The third kappa shape index (κ3) is 2.76. The number of hydrazone groups is 1. The van der Waals surface area contributed by atoms with Crippen molar-refractivity contribution < 1.29 is 0 Å². The quantitative estimate of drug-likeness (QED) is 0.497. The van der Waals surface area contributed by atoms with Crippen LogP contribution in [0.5, 0.6) is 0 Å². The van der Waals surface area contributed by atoms with Crippen molar-refractivity contribution in [3.8, 4) is 0 Å². The Balaban J connectivity index is 1.90. The normalized spacial score (nSPS) is 16.6. The number of nitrogens with one attached hydrogen (secondary N) is 1. The summed E-state index contributed by atoms with van der Waals surface area (Å²) in [6.45, 7) is 4.01. The van der Waals surface area contributed by atoms with Gasteiger partial charge in [-0.1, -0.05) is 0 Å². The van der Waals surface area contributed by atoms with Crippen molar-refractivity contribution >= 4 is 34.4 Å². The standard InChI is InChI=1S/C10H14N4S2/c1-8(9-11-4-7-16-9)12-13-10(15)14-5-2-3-6-14/h4,7H,2-3,5-6H2,1H3,(H,13,15). The first-order valence-corrected chi connectivity index (χ1v) is 6.55. The molecule has 0 radical (unpaired) electrons. The summed E-state index contributed by atoms with van der Waals surface area (Å²) in [5.74, 6) is 0. The molecule has 1 aromatic heterocycles. The van der Waals surface area contributed by atoms with Crippen LogP contribution in [-0.2, 0) is 0 Å². The van der Waals surface area contributed by atoms with Crippen LogP contribution in [-0.4, -0.2) is 33.8 Å². The highest BCUT2D eigenvalue weighted by Crippen LogP contribution is 2.08. The molecule has 16 heavy (non-hydrogen) atoms. The van der Waals surface area contributed by atoms with E-state index in [0.717, 1.165) is 23.8 Å². The average Bonchev–Trinajstić information content (AvgIpc) is 2.95. The number of thiocarbonyl (C=S) groups is 1. The molecule has 0 unspecified atom stereocenters. The van der Waals surface area contributed by atoms with Crippen LogP contribution in [0.4, 0.5) is 0 Å². The van der Waals surface area contributed by atoms with E-state index < -0.39 is 0 Å². The highest BCUT2D eigenvalue weighted by Gasteiger charge is 2.14. The predicted octanol–water partition coefficient (Wildman–Crippen LogP) is 1.84. The maximum atomic E-state index is 5.25. The van der Waals surface area contributed by atoms with Gasteiger partial charge >= 0.3 is 0 Å². The average molecular weight is 254 g/mol. The number of aromatic nitrogens is 1. The zero-order chi connectivity index (χ0) is 11.4. The molecule has 86 valence electrons. The minimum atomic E-state index is 0.716. The third-order valence-electron chi connectivity index (χ3n) is 2.45. The topological polar surface area (TPSA) is 40.5 Å². The number of likely N-dealkylation sites (tertiary alicyclic amines) is 1. The second kappa shape index (κ2) is 5.36. The van der Waals surface area contributed by atoms with E-state index in [2.05, 4.69) is 20.4 Å². The van der Waals surface area contributed by atoms with Crippen molar-refractivity contribution in [1.82, 2.24) is 15.3 Å². The molecular formula is C10H14N4S2. The molecule has 1 aromatic rings. The molecule has 2 rings (SSSR count). The minimum absolute atomic E-state index is 0.716. The van der Waals surface area contributed by atoms with Crippen LogP contribution in [0.15, 0.2) is 16.7 Å². The van der Waals surface area contributed by atoms with Crippen molar-refractivity contribution in [1.29, 1.82) is 0 Å². The van der Waals surface area contributed by atoms with Crippen molar-refractivity contribution in [2.24, 2.45) is 5.10 Å². The van der Waals surface area contributed by atoms with E-state index in [0.29, 0.717) is 5.11 Å². The summed E-state index contributed by atoms with van der Waals surface area (Å²) in [6.07, 6.45) is 4.21. The van der Waals surface area contributed by atoms with E-state index in [9.17, 15) is 0 Å². The van der Waals surface area contributed by atoms with E-state index in [1.165, 1.54) is 12.8 Å². The summed E-state index contributed by atoms with van der Waals surface area (Å²) in [5.41, 5.74) is 3.80. The predicted molar refractivity (Wildman–Crippen MR) is 70.9 cm³/mol. The van der Waals surface area contributed by atoms with Crippen molar-refractivity contribution in [2.75, 3.05) is 13.1 Å². The van der Waals surface area contributed by atoms with Gasteiger partial charge in [-0.25, -0.2) is 4.98 Å². The van der Waals surface area contributed by atoms with Crippen molar-refractivity contribution in [3.63, 3.8) is 0 Å². The molecule has 0 bridgehead atoms. The molecule has 0 aliphatic carbocycles. The lowest BCUT2D eigenvalue weighted by Gasteiger charge is -2.17.